The third kappa shape index (κ3) is 4.94. The van der Waals surface area contributed by atoms with Crippen LogP contribution >= 0.6 is 23.2 Å². The van der Waals surface area contributed by atoms with Gasteiger partial charge in [-0.25, -0.2) is 4.39 Å². The van der Waals surface area contributed by atoms with E-state index in [1.807, 2.05) is 37.3 Å². The van der Waals surface area contributed by atoms with Crippen LogP contribution in [0.2, 0.25) is 10.0 Å². The SMILES string of the molecule is Cc1ccc(F)cc1[C@H]1CC(=O)N(CC(N)=O)C[C@]12C(=O)Nc1cc(Cl)ccc12.Clc1ccccc1. The lowest BCUT2D eigenvalue weighted by Gasteiger charge is -2.45. The van der Waals surface area contributed by atoms with Crippen molar-refractivity contribution in [1.29, 1.82) is 0 Å². The van der Waals surface area contributed by atoms with Gasteiger partial charge in [-0.1, -0.05) is 53.5 Å². The first-order valence-electron chi connectivity index (χ1n) is 11.3. The van der Waals surface area contributed by atoms with Gasteiger partial charge in [0, 0.05) is 34.6 Å². The normalized spacial score (nSPS) is 20.4. The van der Waals surface area contributed by atoms with Gasteiger partial charge in [-0.05, 0) is 60.0 Å². The van der Waals surface area contributed by atoms with E-state index in [2.05, 4.69) is 5.32 Å². The number of nitrogens with two attached hydrogens (primary N) is 1. The highest BCUT2D eigenvalue weighted by Gasteiger charge is 2.57. The molecule has 0 aromatic heterocycles. The number of carbonyl (C=O) groups excluding carboxylic acids is 3. The molecule has 1 fully saturated rings. The molecule has 3 aromatic carbocycles. The molecular formula is C27H24Cl2FN3O3. The van der Waals surface area contributed by atoms with Gasteiger partial charge in [0.1, 0.15) is 11.2 Å². The first kappa shape index (κ1) is 25.7. The second kappa shape index (κ2) is 10.3. The highest BCUT2D eigenvalue weighted by atomic mass is 35.5. The zero-order valence-electron chi connectivity index (χ0n) is 19.4. The van der Waals surface area contributed by atoms with E-state index in [4.69, 9.17) is 28.9 Å². The van der Waals surface area contributed by atoms with Gasteiger partial charge < -0.3 is 16.0 Å². The second-order valence-electron chi connectivity index (χ2n) is 8.88. The van der Waals surface area contributed by atoms with E-state index in [1.54, 1.807) is 24.3 Å². The number of rotatable bonds is 3. The maximum absolute atomic E-state index is 14.1. The van der Waals surface area contributed by atoms with Gasteiger partial charge in [0.15, 0.2) is 0 Å². The average Bonchev–Trinajstić information content (AvgIpc) is 3.09. The molecule has 3 aromatic rings. The van der Waals surface area contributed by atoms with Crippen molar-refractivity contribution in [2.45, 2.75) is 24.7 Å². The largest absolute Gasteiger partial charge is 0.368 e. The smallest absolute Gasteiger partial charge is 0.237 e. The van der Waals surface area contributed by atoms with Crippen molar-refractivity contribution in [3.8, 4) is 0 Å². The van der Waals surface area contributed by atoms with Crippen LogP contribution in [0.3, 0.4) is 0 Å². The van der Waals surface area contributed by atoms with Crippen molar-refractivity contribution in [3.05, 3.63) is 99.3 Å². The predicted octanol–water partition coefficient (Wildman–Crippen LogP) is 4.82. The van der Waals surface area contributed by atoms with Gasteiger partial charge in [-0.15, -0.1) is 0 Å². The van der Waals surface area contributed by atoms with Crippen LogP contribution in [0, 0.1) is 12.7 Å². The molecule has 2 atom stereocenters. The summed E-state index contributed by atoms with van der Waals surface area (Å²) in [4.78, 5) is 38.9. The van der Waals surface area contributed by atoms with Crippen LogP contribution in [0.4, 0.5) is 10.1 Å². The van der Waals surface area contributed by atoms with Crippen LogP contribution < -0.4 is 11.1 Å². The van der Waals surface area contributed by atoms with Crippen LogP contribution in [0.5, 0.6) is 0 Å². The Balaban J connectivity index is 0.000000375. The summed E-state index contributed by atoms with van der Waals surface area (Å²) in [5.41, 5.74) is 6.72. The number of benzene rings is 3. The van der Waals surface area contributed by atoms with Gasteiger partial charge in [0.2, 0.25) is 17.7 Å². The van der Waals surface area contributed by atoms with Gasteiger partial charge in [-0.2, -0.15) is 0 Å². The summed E-state index contributed by atoms with van der Waals surface area (Å²) in [5, 5.41) is 4.10. The molecule has 9 heteroatoms. The number of nitrogens with zero attached hydrogens (tertiary/aromatic N) is 1. The summed E-state index contributed by atoms with van der Waals surface area (Å²) in [5.74, 6) is -2.33. The molecular weight excluding hydrogens is 504 g/mol. The number of likely N-dealkylation sites (tertiary alicyclic amines) is 1. The van der Waals surface area contributed by atoms with Crippen molar-refractivity contribution in [1.82, 2.24) is 4.90 Å². The van der Waals surface area contributed by atoms with E-state index in [-0.39, 0.29) is 31.3 Å². The molecule has 186 valence electrons. The molecule has 0 unspecified atom stereocenters. The molecule has 3 N–H and O–H groups in total. The number of carbonyl (C=O) groups is 3. The molecule has 0 bridgehead atoms. The van der Waals surface area contributed by atoms with E-state index in [0.717, 1.165) is 10.6 Å². The Morgan fingerprint density at radius 3 is 2.44 bits per heavy atom. The summed E-state index contributed by atoms with van der Waals surface area (Å²) in [6.45, 7) is 1.50. The summed E-state index contributed by atoms with van der Waals surface area (Å²) in [6, 6.07) is 18.9. The van der Waals surface area contributed by atoms with Crippen molar-refractivity contribution < 1.29 is 18.8 Å². The van der Waals surface area contributed by atoms with Crippen molar-refractivity contribution in [2.75, 3.05) is 18.4 Å². The topological polar surface area (TPSA) is 92.5 Å². The number of primary amides is 1. The molecule has 1 spiro atoms. The number of hydrogen-bond donors (Lipinski definition) is 2. The van der Waals surface area contributed by atoms with Crippen LogP contribution in [-0.2, 0) is 19.8 Å². The Labute approximate surface area is 218 Å². The number of amides is 3. The molecule has 1 saturated heterocycles. The molecule has 6 nitrogen and oxygen atoms in total. The van der Waals surface area contributed by atoms with Gasteiger partial charge in [0.25, 0.3) is 0 Å². The number of nitrogens with one attached hydrogen (secondary N) is 1. The fourth-order valence-electron chi connectivity index (χ4n) is 4.95. The first-order chi connectivity index (χ1) is 17.1. The molecule has 0 aliphatic carbocycles. The summed E-state index contributed by atoms with van der Waals surface area (Å²) in [6.07, 6.45) is -0.0486. The van der Waals surface area contributed by atoms with Gasteiger partial charge >= 0.3 is 0 Å². The fraction of sp³-hybridized carbons (Fsp3) is 0.222. The minimum atomic E-state index is -1.18. The van der Waals surface area contributed by atoms with E-state index < -0.39 is 23.1 Å². The van der Waals surface area contributed by atoms with E-state index in [9.17, 15) is 18.8 Å². The molecule has 0 radical (unpaired) electrons. The van der Waals surface area contributed by atoms with Gasteiger partial charge in [0.05, 0.1) is 6.54 Å². The summed E-state index contributed by atoms with van der Waals surface area (Å²) in [7, 11) is 0. The Hall–Kier alpha value is -3.42. The zero-order valence-corrected chi connectivity index (χ0v) is 20.9. The number of fused-ring (bicyclic) bond motifs is 2. The predicted molar refractivity (Wildman–Crippen MR) is 137 cm³/mol. The Kier molecular flexibility index (Phi) is 7.33. The Morgan fingerprint density at radius 2 is 1.81 bits per heavy atom. The molecule has 0 saturated carbocycles. The monoisotopic (exact) mass is 527 g/mol. The second-order valence-corrected chi connectivity index (χ2v) is 9.76. The van der Waals surface area contributed by atoms with E-state index >= 15 is 0 Å². The summed E-state index contributed by atoms with van der Waals surface area (Å²) >= 11 is 11.6. The lowest BCUT2D eigenvalue weighted by atomic mass is 9.63. The quantitative estimate of drug-likeness (QED) is 0.511. The molecule has 36 heavy (non-hydrogen) atoms. The van der Waals surface area contributed by atoms with Crippen LogP contribution in [-0.4, -0.2) is 35.7 Å². The maximum Gasteiger partial charge on any atom is 0.237 e. The van der Waals surface area contributed by atoms with E-state index in [0.29, 0.717) is 21.8 Å². The lowest BCUT2D eigenvalue weighted by molar-refractivity contribution is -0.142. The number of aryl methyl sites for hydroxylation is 1. The highest BCUT2D eigenvalue weighted by Crippen LogP contribution is 2.52. The molecule has 5 rings (SSSR count). The first-order valence-corrected chi connectivity index (χ1v) is 12.0. The molecule has 2 heterocycles. The highest BCUT2D eigenvalue weighted by molar-refractivity contribution is 6.31. The third-order valence-electron chi connectivity index (χ3n) is 6.58. The number of piperidine rings is 1. The minimum absolute atomic E-state index is 0.0319. The molecule has 2 aliphatic rings. The number of hydrogen-bond acceptors (Lipinski definition) is 3. The van der Waals surface area contributed by atoms with Crippen molar-refractivity contribution in [2.24, 2.45) is 5.73 Å². The van der Waals surface area contributed by atoms with Crippen LogP contribution in [0.1, 0.15) is 29.0 Å². The average molecular weight is 528 g/mol. The van der Waals surface area contributed by atoms with Crippen molar-refractivity contribution >= 4 is 46.6 Å². The van der Waals surface area contributed by atoms with Crippen molar-refractivity contribution in [3.63, 3.8) is 0 Å². The van der Waals surface area contributed by atoms with Gasteiger partial charge in [-0.3, -0.25) is 14.4 Å². The number of anilines is 1. The fourth-order valence-corrected chi connectivity index (χ4v) is 5.27. The Bertz CT molecular complexity index is 1340. The van der Waals surface area contributed by atoms with Crippen LogP contribution in [0.25, 0.3) is 0 Å². The lowest BCUT2D eigenvalue weighted by Crippen LogP contribution is -2.57. The summed E-state index contributed by atoms with van der Waals surface area (Å²) < 4.78 is 14.1. The molecule has 2 aliphatic heterocycles. The maximum atomic E-state index is 14.1. The third-order valence-corrected chi connectivity index (χ3v) is 7.07. The van der Waals surface area contributed by atoms with Crippen LogP contribution in [0.15, 0.2) is 66.7 Å². The zero-order chi connectivity index (χ0) is 26.0. The standard InChI is InChI=1S/C21H19ClFN3O3.C6H5Cl/c1-11-2-4-13(23)7-14(11)16-8-19(28)26(9-18(24)27)10-21(16)15-5-3-12(22)6-17(15)25-20(21)29;7-6-4-2-1-3-5-6/h2-7,16H,8-10H2,1H3,(H2,24,27)(H,25,29);1-5H/t16-,21-;/m1./s1. The molecule has 3 amide bonds. The Morgan fingerprint density at radius 1 is 1.08 bits per heavy atom. The van der Waals surface area contributed by atoms with E-state index in [1.165, 1.54) is 17.0 Å². The minimum Gasteiger partial charge on any atom is -0.368 e. The number of halogens is 3.